The van der Waals surface area contributed by atoms with Gasteiger partial charge < -0.3 is 10.0 Å². The molecule has 14 heavy (non-hydrogen) atoms. The van der Waals surface area contributed by atoms with Gasteiger partial charge >= 0.3 is 5.97 Å². The van der Waals surface area contributed by atoms with Crippen LogP contribution in [0.5, 0.6) is 0 Å². The second-order valence-corrected chi connectivity index (χ2v) is 5.24. The van der Waals surface area contributed by atoms with Gasteiger partial charge in [0.2, 0.25) is 0 Å². The number of rotatable bonds is 5. The zero-order chi connectivity index (χ0) is 10.4. The van der Waals surface area contributed by atoms with Crippen LogP contribution < -0.4 is 0 Å². The van der Waals surface area contributed by atoms with Gasteiger partial charge in [-0.3, -0.25) is 9.00 Å². The first-order chi connectivity index (χ1) is 6.68. The van der Waals surface area contributed by atoms with E-state index in [1.165, 1.54) is 0 Å². The third kappa shape index (κ3) is 4.72. The highest BCUT2D eigenvalue weighted by Gasteiger charge is 2.14. The van der Waals surface area contributed by atoms with Crippen molar-refractivity contribution in [3.8, 4) is 0 Å². The molecule has 1 aliphatic rings. The summed E-state index contributed by atoms with van der Waals surface area (Å²) in [4.78, 5) is 12.5. The van der Waals surface area contributed by atoms with Gasteiger partial charge in [0.1, 0.15) is 0 Å². The molecule has 0 aromatic heterocycles. The van der Waals surface area contributed by atoms with Gasteiger partial charge in [0.15, 0.2) is 0 Å². The lowest BCUT2D eigenvalue weighted by molar-refractivity contribution is -0.137. The Balaban J connectivity index is 2.02. The molecule has 0 amide bonds. The smallest absolute Gasteiger partial charge is 0.303 e. The monoisotopic (exact) mass is 219 g/mol. The number of hydrogen-bond donors (Lipinski definition) is 1. The van der Waals surface area contributed by atoms with Crippen LogP contribution >= 0.6 is 0 Å². The van der Waals surface area contributed by atoms with Crippen LogP contribution in [0.15, 0.2) is 0 Å². The number of carbonyl (C=O) groups is 1. The van der Waals surface area contributed by atoms with Crippen molar-refractivity contribution in [3.05, 3.63) is 0 Å². The predicted molar refractivity (Wildman–Crippen MR) is 55.8 cm³/mol. The number of nitrogens with zero attached hydrogens (tertiary/aromatic N) is 1. The minimum absolute atomic E-state index is 0.264. The van der Waals surface area contributed by atoms with Crippen LogP contribution in [0.1, 0.15) is 19.3 Å². The highest BCUT2D eigenvalue weighted by atomic mass is 32.2. The summed E-state index contributed by atoms with van der Waals surface area (Å²) in [7, 11) is -0.611. The van der Waals surface area contributed by atoms with Gasteiger partial charge in [-0.15, -0.1) is 0 Å². The van der Waals surface area contributed by atoms with Crippen LogP contribution in [0.3, 0.4) is 0 Å². The van der Waals surface area contributed by atoms with Gasteiger partial charge in [-0.2, -0.15) is 0 Å². The second kappa shape index (κ2) is 6.14. The summed E-state index contributed by atoms with van der Waals surface area (Å²) in [5, 5.41) is 8.43. The summed E-state index contributed by atoms with van der Waals surface area (Å²) in [5.74, 6) is 0.836. The fourth-order valence-corrected chi connectivity index (χ4v) is 2.64. The molecular weight excluding hydrogens is 202 g/mol. The molecule has 0 aliphatic carbocycles. The SMILES string of the molecule is O=C(O)CCCCN1CCS(=O)CC1. The lowest BCUT2D eigenvalue weighted by Gasteiger charge is -2.25. The van der Waals surface area contributed by atoms with E-state index in [0.29, 0.717) is 0 Å². The average Bonchev–Trinajstić information content (AvgIpc) is 2.15. The number of aliphatic carboxylic acids is 1. The lowest BCUT2D eigenvalue weighted by atomic mass is 10.2. The van der Waals surface area contributed by atoms with Crippen molar-refractivity contribution in [1.82, 2.24) is 4.90 Å². The summed E-state index contributed by atoms with van der Waals surface area (Å²) < 4.78 is 11.0. The van der Waals surface area contributed by atoms with Crippen molar-refractivity contribution >= 4 is 16.8 Å². The molecule has 0 aromatic carbocycles. The van der Waals surface area contributed by atoms with Crippen molar-refractivity contribution in [2.45, 2.75) is 19.3 Å². The zero-order valence-electron chi connectivity index (χ0n) is 8.28. The Kier molecular flexibility index (Phi) is 5.11. The van der Waals surface area contributed by atoms with E-state index in [4.69, 9.17) is 5.11 Å². The van der Waals surface area contributed by atoms with E-state index in [1.807, 2.05) is 0 Å². The van der Waals surface area contributed by atoms with Gasteiger partial charge in [0.25, 0.3) is 0 Å². The van der Waals surface area contributed by atoms with E-state index in [1.54, 1.807) is 0 Å². The maximum Gasteiger partial charge on any atom is 0.303 e. The van der Waals surface area contributed by atoms with Crippen LogP contribution in [-0.4, -0.2) is 51.3 Å². The van der Waals surface area contributed by atoms with Crippen LogP contribution in [-0.2, 0) is 15.6 Å². The lowest BCUT2D eigenvalue weighted by Crippen LogP contribution is -2.38. The standard InChI is InChI=1S/C9H17NO3S/c11-9(12)3-1-2-4-10-5-7-14(13)8-6-10/h1-8H2,(H,11,12). The van der Waals surface area contributed by atoms with Crippen LogP contribution in [0.25, 0.3) is 0 Å². The molecular formula is C9H17NO3S. The number of carboxylic acids is 1. The quantitative estimate of drug-likeness (QED) is 0.676. The number of carboxylic acid groups (broad SMARTS) is 1. The summed E-state index contributed by atoms with van der Waals surface area (Å²) in [6, 6.07) is 0. The maximum atomic E-state index is 11.0. The highest BCUT2D eigenvalue weighted by molar-refractivity contribution is 7.85. The molecule has 1 aliphatic heterocycles. The van der Waals surface area contributed by atoms with Crippen LogP contribution in [0.2, 0.25) is 0 Å². The van der Waals surface area contributed by atoms with Crippen LogP contribution in [0, 0.1) is 0 Å². The fraction of sp³-hybridized carbons (Fsp3) is 0.889. The van der Waals surface area contributed by atoms with Crippen molar-refractivity contribution in [3.63, 3.8) is 0 Å². The Hall–Kier alpha value is -0.420. The first kappa shape index (κ1) is 11.7. The highest BCUT2D eigenvalue weighted by Crippen LogP contribution is 2.03. The average molecular weight is 219 g/mol. The number of hydrogen-bond acceptors (Lipinski definition) is 3. The molecule has 82 valence electrons. The molecule has 0 aromatic rings. The molecule has 4 nitrogen and oxygen atoms in total. The van der Waals surface area contributed by atoms with Crippen LogP contribution in [0.4, 0.5) is 0 Å². The van der Waals surface area contributed by atoms with Crippen molar-refractivity contribution in [1.29, 1.82) is 0 Å². The Morgan fingerprint density at radius 2 is 1.93 bits per heavy atom. The first-order valence-corrected chi connectivity index (χ1v) is 6.46. The van der Waals surface area contributed by atoms with Gasteiger partial charge in [0.05, 0.1) is 0 Å². The zero-order valence-corrected chi connectivity index (χ0v) is 9.09. The maximum absolute atomic E-state index is 11.0. The minimum Gasteiger partial charge on any atom is -0.481 e. The summed E-state index contributed by atoms with van der Waals surface area (Å²) in [5.41, 5.74) is 0. The largest absolute Gasteiger partial charge is 0.481 e. The molecule has 0 bridgehead atoms. The molecule has 0 spiro atoms. The predicted octanol–water partition coefficient (Wildman–Crippen LogP) is 0.306. The summed E-state index contributed by atoms with van der Waals surface area (Å²) in [6.07, 6.45) is 1.94. The second-order valence-electron chi connectivity index (χ2n) is 3.54. The molecule has 1 heterocycles. The van der Waals surface area contributed by atoms with Crippen molar-refractivity contribution in [2.75, 3.05) is 31.1 Å². The molecule has 0 saturated carbocycles. The molecule has 5 heteroatoms. The molecule has 0 radical (unpaired) electrons. The Morgan fingerprint density at radius 3 is 2.50 bits per heavy atom. The van der Waals surface area contributed by atoms with Gasteiger partial charge in [-0.25, -0.2) is 0 Å². The van der Waals surface area contributed by atoms with E-state index in [-0.39, 0.29) is 6.42 Å². The molecule has 0 unspecified atom stereocenters. The van der Waals surface area contributed by atoms with E-state index in [9.17, 15) is 9.00 Å². The summed E-state index contributed by atoms with van der Waals surface area (Å²) in [6.45, 7) is 2.75. The molecule has 1 saturated heterocycles. The molecule has 1 rings (SSSR count). The van der Waals surface area contributed by atoms with E-state index >= 15 is 0 Å². The minimum atomic E-state index is -0.718. The fourth-order valence-electron chi connectivity index (χ4n) is 1.51. The molecule has 0 atom stereocenters. The Labute approximate surface area is 86.7 Å². The normalized spacial score (nSPS) is 19.7. The van der Waals surface area contributed by atoms with Gasteiger partial charge in [-0.05, 0) is 19.4 Å². The Bertz CT molecular complexity index is 210. The topological polar surface area (TPSA) is 57.6 Å². The van der Waals surface area contributed by atoms with Crippen molar-refractivity contribution < 1.29 is 14.1 Å². The third-order valence-electron chi connectivity index (χ3n) is 2.39. The third-order valence-corrected chi connectivity index (χ3v) is 3.66. The van der Waals surface area contributed by atoms with Gasteiger partial charge in [-0.1, -0.05) is 0 Å². The van der Waals surface area contributed by atoms with Gasteiger partial charge in [0, 0.05) is 41.8 Å². The first-order valence-electron chi connectivity index (χ1n) is 4.97. The van der Waals surface area contributed by atoms with E-state index < -0.39 is 16.8 Å². The Morgan fingerprint density at radius 1 is 1.29 bits per heavy atom. The molecule has 1 fully saturated rings. The number of unbranched alkanes of at least 4 members (excludes halogenated alkanes) is 1. The van der Waals surface area contributed by atoms with E-state index in [0.717, 1.165) is 44.0 Å². The van der Waals surface area contributed by atoms with E-state index in [2.05, 4.69) is 4.90 Å². The molecule has 1 N–H and O–H groups in total. The summed E-state index contributed by atoms with van der Waals surface area (Å²) >= 11 is 0. The van der Waals surface area contributed by atoms with Crippen molar-refractivity contribution in [2.24, 2.45) is 0 Å².